The predicted octanol–water partition coefficient (Wildman–Crippen LogP) is 2.88. The zero-order valence-electron chi connectivity index (χ0n) is 18.1. The molecule has 7 heteroatoms. The van der Waals surface area contributed by atoms with Crippen molar-refractivity contribution >= 4 is 10.1 Å². The Morgan fingerprint density at radius 3 is 2.03 bits per heavy atom. The maximum Gasteiger partial charge on any atom is 1.00 e. The third-order valence-electron chi connectivity index (χ3n) is 4.89. The largest absolute Gasteiger partial charge is 1.00 e. The van der Waals surface area contributed by atoms with E-state index >= 15 is 0 Å². The van der Waals surface area contributed by atoms with Crippen LogP contribution in [0, 0.1) is 0 Å². The molecule has 0 aliphatic rings. The molecule has 2 aromatic carbocycles. The van der Waals surface area contributed by atoms with Crippen LogP contribution in [-0.2, 0) is 16.5 Å². The number of unbranched alkanes of at least 4 members (excludes halogenated alkanes) is 8. The van der Waals surface area contributed by atoms with Crippen LogP contribution in [-0.4, -0.2) is 13.0 Å². The van der Waals surface area contributed by atoms with Crippen molar-refractivity contribution in [2.24, 2.45) is 0 Å². The summed E-state index contributed by atoms with van der Waals surface area (Å²) in [5, 5.41) is 12.5. The minimum Gasteiger partial charge on any atom is -0.870 e. The second kappa shape index (κ2) is 14.6. The quantitative estimate of drug-likeness (QED) is 0.283. The van der Waals surface area contributed by atoms with E-state index in [-0.39, 0.29) is 57.1 Å². The van der Waals surface area contributed by atoms with Gasteiger partial charge in [0.1, 0.15) is 16.4 Å². The second-order valence-electron chi connectivity index (χ2n) is 7.39. The number of ether oxygens (including phenoxy) is 1. The van der Waals surface area contributed by atoms with Gasteiger partial charge >= 0.3 is 51.4 Å². The molecule has 5 nitrogen and oxygen atoms in total. The molecule has 0 saturated carbocycles. The Morgan fingerprint density at radius 2 is 1.47 bits per heavy atom. The zero-order chi connectivity index (χ0) is 21.1. The van der Waals surface area contributed by atoms with Crippen LogP contribution in [0.3, 0.4) is 0 Å². The van der Waals surface area contributed by atoms with E-state index in [0.717, 1.165) is 19.3 Å². The molecule has 0 aromatic heterocycles. The van der Waals surface area contributed by atoms with E-state index in [9.17, 15) is 18.1 Å². The van der Waals surface area contributed by atoms with Crippen LogP contribution in [0.5, 0.6) is 17.2 Å². The third kappa shape index (κ3) is 9.81. The van der Waals surface area contributed by atoms with Gasteiger partial charge in [0.05, 0.1) is 0 Å². The zero-order valence-corrected chi connectivity index (χ0v) is 22.0. The van der Waals surface area contributed by atoms with Crippen molar-refractivity contribution in [2.45, 2.75) is 76.0 Å². The standard InChI is InChI=1S/C23H32O5S.K/c1-2-3-4-5-6-7-8-9-11-14-19-17-21(24)23(22(18-19)29(25,26)27)28-20-15-12-10-13-16-20;/h10,12-13,15-18,24H,2-9,11,14H2,1H3,(H,25,26,27);/q;+1/p-1. The molecule has 0 radical (unpaired) electrons. The van der Waals surface area contributed by atoms with Gasteiger partial charge in [0, 0.05) is 0 Å². The molecule has 0 bridgehead atoms. The number of benzene rings is 2. The van der Waals surface area contributed by atoms with Gasteiger partial charge in [0.15, 0.2) is 0 Å². The molecule has 30 heavy (non-hydrogen) atoms. The Labute approximate surface area is 223 Å². The normalized spacial score (nSPS) is 11.1. The average Bonchev–Trinajstić information content (AvgIpc) is 2.68. The average molecular weight is 459 g/mol. The van der Waals surface area contributed by atoms with Gasteiger partial charge in [-0.2, -0.15) is 8.42 Å². The summed E-state index contributed by atoms with van der Waals surface area (Å²) in [5.74, 6) is -0.578. The van der Waals surface area contributed by atoms with Crippen LogP contribution in [0.1, 0.15) is 70.3 Å². The Morgan fingerprint density at radius 1 is 0.900 bits per heavy atom. The number of rotatable bonds is 13. The van der Waals surface area contributed by atoms with Crippen molar-refractivity contribution in [1.29, 1.82) is 0 Å². The van der Waals surface area contributed by atoms with Gasteiger partial charge in [-0.15, -0.1) is 0 Å². The smallest absolute Gasteiger partial charge is 0.870 e. The first kappa shape index (κ1) is 27.6. The fraction of sp³-hybridized carbons (Fsp3) is 0.478. The third-order valence-corrected chi connectivity index (χ3v) is 5.75. The molecule has 0 amide bonds. The minimum atomic E-state index is -4.57. The van der Waals surface area contributed by atoms with Crippen LogP contribution in [0.15, 0.2) is 47.4 Å². The molecule has 0 spiro atoms. The van der Waals surface area contributed by atoms with Crippen molar-refractivity contribution in [3.8, 4) is 17.2 Å². The van der Waals surface area contributed by atoms with E-state index in [4.69, 9.17) is 4.74 Å². The monoisotopic (exact) mass is 458 g/mol. The Hall–Kier alpha value is -0.414. The fourth-order valence-electron chi connectivity index (χ4n) is 3.31. The Kier molecular flexibility index (Phi) is 13.5. The maximum atomic E-state index is 12.5. The summed E-state index contributed by atoms with van der Waals surface area (Å²) in [7, 11) is -4.57. The molecule has 0 fully saturated rings. The van der Waals surface area contributed by atoms with E-state index in [0.29, 0.717) is 17.7 Å². The van der Waals surface area contributed by atoms with Crippen LogP contribution in [0.4, 0.5) is 0 Å². The van der Waals surface area contributed by atoms with Crippen molar-refractivity contribution in [3.63, 3.8) is 0 Å². The molecule has 160 valence electrons. The van der Waals surface area contributed by atoms with Crippen LogP contribution in [0.25, 0.3) is 0 Å². The van der Waals surface area contributed by atoms with Crippen LogP contribution in [0.2, 0.25) is 0 Å². The van der Waals surface area contributed by atoms with Gasteiger partial charge < -0.3 is 9.84 Å². The molecule has 2 rings (SSSR count). The number of hydrogen-bond acceptors (Lipinski definition) is 4. The summed E-state index contributed by atoms with van der Waals surface area (Å²) in [4.78, 5) is -0.472. The van der Waals surface area contributed by atoms with Crippen LogP contribution >= 0.6 is 0 Å². The summed E-state index contributed by atoms with van der Waals surface area (Å²) >= 11 is 0. The van der Waals surface area contributed by atoms with Gasteiger partial charge in [0.25, 0.3) is 10.1 Å². The number of hydrogen-bond donors (Lipinski definition) is 1. The van der Waals surface area contributed by atoms with E-state index in [1.165, 1.54) is 50.7 Å². The second-order valence-corrected chi connectivity index (χ2v) is 8.78. The Balaban J connectivity index is 0.00000450. The summed E-state index contributed by atoms with van der Waals surface area (Å²) in [5.41, 5.74) is 0.603. The van der Waals surface area contributed by atoms with Crippen LogP contribution < -0.4 is 61.2 Å². The molecule has 0 saturated heterocycles. The van der Waals surface area contributed by atoms with Crippen molar-refractivity contribution in [1.82, 2.24) is 0 Å². The predicted molar refractivity (Wildman–Crippen MR) is 113 cm³/mol. The van der Waals surface area contributed by atoms with Gasteiger partial charge in [-0.1, -0.05) is 88.3 Å². The van der Waals surface area contributed by atoms with E-state index < -0.39 is 20.8 Å². The molecule has 2 aromatic rings. The van der Waals surface area contributed by atoms with Gasteiger partial charge in [-0.05, 0) is 36.6 Å². The summed E-state index contributed by atoms with van der Waals surface area (Å²) in [6, 6.07) is 11.2. The molecular weight excluding hydrogens is 427 g/mol. The fourth-order valence-corrected chi connectivity index (χ4v) is 3.99. The molecule has 0 aliphatic heterocycles. The first-order valence-corrected chi connectivity index (χ1v) is 11.9. The topological polar surface area (TPSA) is 86.7 Å². The van der Waals surface area contributed by atoms with E-state index in [1.54, 1.807) is 30.3 Å². The first-order valence-electron chi connectivity index (χ1n) is 10.5. The minimum absolute atomic E-state index is 0. The molecule has 0 heterocycles. The van der Waals surface area contributed by atoms with Gasteiger partial charge in [0.2, 0.25) is 0 Å². The van der Waals surface area contributed by atoms with E-state index in [2.05, 4.69) is 6.92 Å². The van der Waals surface area contributed by atoms with E-state index in [1.807, 2.05) is 0 Å². The molecular formula is C23H31KO5S. The SMILES string of the molecule is CCCCCCCCCCCc1cc([O-])c(Oc2ccccc2)c(S(=O)(=O)O)c1.[K+]. The Bertz CT molecular complexity index is 853. The number of para-hydroxylation sites is 1. The summed E-state index contributed by atoms with van der Waals surface area (Å²) in [6.45, 7) is 2.21. The van der Waals surface area contributed by atoms with Crippen molar-refractivity contribution in [2.75, 3.05) is 0 Å². The molecule has 0 atom stereocenters. The maximum absolute atomic E-state index is 12.5. The van der Waals surface area contributed by atoms with Gasteiger partial charge in [-0.3, -0.25) is 4.55 Å². The van der Waals surface area contributed by atoms with Crippen molar-refractivity contribution < 1.29 is 74.2 Å². The van der Waals surface area contributed by atoms with Gasteiger partial charge in [-0.25, -0.2) is 0 Å². The molecule has 1 N–H and O–H groups in total. The summed E-state index contributed by atoms with van der Waals surface area (Å²) in [6.07, 6.45) is 11.2. The number of aryl methyl sites for hydroxylation is 1. The first-order chi connectivity index (χ1) is 13.9. The molecule has 0 aliphatic carbocycles. The summed E-state index contributed by atoms with van der Waals surface area (Å²) < 4.78 is 38.7. The van der Waals surface area contributed by atoms with Crippen molar-refractivity contribution in [3.05, 3.63) is 48.0 Å². The molecule has 0 unspecified atom stereocenters.